The Morgan fingerprint density at radius 1 is 1.24 bits per heavy atom. The summed E-state index contributed by atoms with van der Waals surface area (Å²) in [6, 6.07) is 5.71. The fourth-order valence-electron chi connectivity index (χ4n) is 2.79. The lowest BCUT2D eigenvalue weighted by Crippen LogP contribution is -2.21. The Bertz CT molecular complexity index is 863. The van der Waals surface area contributed by atoms with E-state index >= 15 is 0 Å². The van der Waals surface area contributed by atoms with E-state index in [4.69, 9.17) is 14.2 Å². The van der Waals surface area contributed by atoms with E-state index in [0.29, 0.717) is 25.5 Å². The quantitative estimate of drug-likeness (QED) is 0.677. The van der Waals surface area contributed by atoms with Crippen LogP contribution in [0.2, 0.25) is 0 Å². The van der Waals surface area contributed by atoms with E-state index in [2.05, 4.69) is 15.3 Å². The number of hydrogen-bond acceptors (Lipinski definition) is 5. The molecular weight excluding hydrogens is 327 g/mol. The van der Waals surface area contributed by atoms with Crippen molar-refractivity contribution in [3.63, 3.8) is 0 Å². The molecule has 0 saturated carbocycles. The predicted molar refractivity (Wildman–Crippen MR) is 89.2 cm³/mol. The Morgan fingerprint density at radius 3 is 2.96 bits per heavy atom. The van der Waals surface area contributed by atoms with Gasteiger partial charge in [0.25, 0.3) is 0 Å². The van der Waals surface area contributed by atoms with Crippen LogP contribution in [0.15, 0.2) is 30.6 Å². The third kappa shape index (κ3) is 3.35. The lowest BCUT2D eigenvalue weighted by Gasteiger charge is -2.15. The van der Waals surface area contributed by atoms with Gasteiger partial charge in [0.2, 0.25) is 6.30 Å². The van der Waals surface area contributed by atoms with Crippen LogP contribution in [-0.2, 0) is 9.47 Å². The molecule has 1 N–H and O–H groups in total. The molecule has 1 aromatic carbocycles. The standard InChI is InChI=1S/C17H19FN4O3/c1-11-9-23-4-5-24-10-16(18)22-8-12(7-19-22)17-14-6-13(25-11)2-3-15(14)20-21-17/h2-3,6-8,11,16H,4-5,9-10H2,1H3,(H,20,21)/t11-,16+/m1/s1. The zero-order chi connectivity index (χ0) is 17.2. The summed E-state index contributed by atoms with van der Waals surface area (Å²) in [7, 11) is 0. The van der Waals surface area contributed by atoms with E-state index in [0.717, 1.165) is 22.2 Å². The highest BCUT2D eigenvalue weighted by atomic mass is 19.1. The monoisotopic (exact) mass is 346 g/mol. The predicted octanol–water partition coefficient (Wildman–Crippen LogP) is 2.71. The van der Waals surface area contributed by atoms with E-state index in [1.54, 1.807) is 12.4 Å². The maximum atomic E-state index is 14.2. The summed E-state index contributed by atoms with van der Waals surface area (Å²) >= 11 is 0. The van der Waals surface area contributed by atoms with Crippen molar-refractivity contribution in [1.82, 2.24) is 20.0 Å². The molecule has 0 spiro atoms. The van der Waals surface area contributed by atoms with Crippen molar-refractivity contribution in [2.75, 3.05) is 26.4 Å². The Labute approximate surface area is 143 Å². The largest absolute Gasteiger partial charge is 0.488 e. The fourth-order valence-corrected chi connectivity index (χ4v) is 2.79. The summed E-state index contributed by atoms with van der Waals surface area (Å²) in [6.07, 6.45) is 1.75. The number of nitrogens with one attached hydrogen (secondary N) is 1. The van der Waals surface area contributed by atoms with Crippen LogP contribution in [0.1, 0.15) is 13.2 Å². The Kier molecular flexibility index (Phi) is 4.37. The van der Waals surface area contributed by atoms with Gasteiger partial charge in [-0.05, 0) is 25.1 Å². The van der Waals surface area contributed by atoms with Gasteiger partial charge >= 0.3 is 0 Å². The molecule has 4 bridgehead atoms. The first-order valence-corrected chi connectivity index (χ1v) is 8.19. The summed E-state index contributed by atoms with van der Waals surface area (Å²) in [4.78, 5) is 0. The number of benzene rings is 1. The van der Waals surface area contributed by atoms with E-state index in [1.807, 2.05) is 25.1 Å². The van der Waals surface area contributed by atoms with Crippen LogP contribution in [0.5, 0.6) is 5.75 Å². The van der Waals surface area contributed by atoms with Gasteiger partial charge in [-0.15, -0.1) is 0 Å². The molecule has 3 heterocycles. The SMILES string of the molecule is C[C@@H]1COCCOC[C@@H](F)n2cc(cn2)-c2n[nH]c3ccc(cc23)O1. The van der Waals surface area contributed by atoms with Gasteiger partial charge in [-0.25, -0.2) is 9.07 Å². The number of H-pyrrole nitrogens is 1. The van der Waals surface area contributed by atoms with Crippen molar-refractivity contribution < 1.29 is 18.6 Å². The normalized spacial score (nSPS) is 22.2. The molecule has 4 rings (SSSR count). The van der Waals surface area contributed by atoms with Crippen LogP contribution in [0.25, 0.3) is 22.2 Å². The molecule has 132 valence electrons. The average Bonchev–Trinajstić information content (AvgIpc) is 3.23. The highest BCUT2D eigenvalue weighted by Gasteiger charge is 2.16. The van der Waals surface area contributed by atoms with Gasteiger partial charge in [0, 0.05) is 17.1 Å². The Balaban J connectivity index is 1.73. The van der Waals surface area contributed by atoms with E-state index in [-0.39, 0.29) is 12.7 Å². The molecule has 1 aliphatic rings. The highest BCUT2D eigenvalue weighted by molar-refractivity contribution is 5.93. The van der Waals surface area contributed by atoms with Crippen molar-refractivity contribution in [3.8, 4) is 17.0 Å². The lowest BCUT2D eigenvalue weighted by atomic mass is 10.1. The highest BCUT2D eigenvalue weighted by Crippen LogP contribution is 2.30. The van der Waals surface area contributed by atoms with Gasteiger partial charge in [0.1, 0.15) is 17.5 Å². The molecule has 0 radical (unpaired) electrons. The van der Waals surface area contributed by atoms with E-state index < -0.39 is 6.30 Å². The number of ether oxygens (including phenoxy) is 3. The van der Waals surface area contributed by atoms with Crippen LogP contribution >= 0.6 is 0 Å². The Morgan fingerprint density at radius 2 is 2.08 bits per heavy atom. The van der Waals surface area contributed by atoms with Crippen molar-refractivity contribution in [3.05, 3.63) is 30.6 Å². The molecule has 0 amide bonds. The maximum Gasteiger partial charge on any atom is 0.214 e. The second kappa shape index (κ2) is 6.81. The molecular formula is C17H19FN4O3. The third-order valence-corrected chi connectivity index (χ3v) is 4.01. The number of rotatable bonds is 0. The van der Waals surface area contributed by atoms with Crippen molar-refractivity contribution in [2.24, 2.45) is 0 Å². The van der Waals surface area contributed by atoms with Gasteiger partial charge in [-0.1, -0.05) is 0 Å². The number of hydrogen-bond donors (Lipinski definition) is 1. The third-order valence-electron chi connectivity index (χ3n) is 4.01. The van der Waals surface area contributed by atoms with E-state index in [1.165, 1.54) is 4.68 Å². The lowest BCUT2D eigenvalue weighted by molar-refractivity contribution is -0.00845. The fraction of sp³-hybridized carbons (Fsp3) is 0.412. The topological polar surface area (TPSA) is 74.2 Å². The first-order chi connectivity index (χ1) is 12.2. The zero-order valence-electron chi connectivity index (χ0n) is 13.8. The first-order valence-electron chi connectivity index (χ1n) is 8.19. The van der Waals surface area contributed by atoms with Crippen LogP contribution in [0.3, 0.4) is 0 Å². The number of aromatic nitrogens is 4. The molecule has 25 heavy (non-hydrogen) atoms. The molecule has 1 aliphatic heterocycles. The molecule has 2 atom stereocenters. The summed E-state index contributed by atoms with van der Waals surface area (Å²) < 4.78 is 32.2. The number of halogens is 1. The molecule has 3 aromatic rings. The molecule has 0 aliphatic carbocycles. The molecule has 8 heteroatoms. The summed E-state index contributed by atoms with van der Waals surface area (Å²) in [5.74, 6) is 0.727. The summed E-state index contributed by atoms with van der Waals surface area (Å²) in [6.45, 7) is 2.99. The smallest absolute Gasteiger partial charge is 0.214 e. The van der Waals surface area contributed by atoms with Crippen LogP contribution in [0.4, 0.5) is 4.39 Å². The zero-order valence-corrected chi connectivity index (χ0v) is 13.8. The summed E-state index contributed by atoms with van der Waals surface area (Å²) in [5.41, 5.74) is 2.31. The van der Waals surface area contributed by atoms with Gasteiger partial charge < -0.3 is 14.2 Å². The number of aromatic amines is 1. The van der Waals surface area contributed by atoms with Crippen molar-refractivity contribution >= 4 is 10.9 Å². The second-order valence-electron chi connectivity index (χ2n) is 6.00. The van der Waals surface area contributed by atoms with Crippen LogP contribution in [0, 0.1) is 0 Å². The molecule has 0 fully saturated rings. The maximum absolute atomic E-state index is 14.2. The summed E-state index contributed by atoms with van der Waals surface area (Å²) in [5, 5.41) is 12.3. The van der Waals surface area contributed by atoms with Crippen LogP contribution in [-0.4, -0.2) is 52.5 Å². The minimum atomic E-state index is -1.36. The van der Waals surface area contributed by atoms with Crippen molar-refractivity contribution in [1.29, 1.82) is 0 Å². The minimum absolute atomic E-state index is 0.0814. The average molecular weight is 346 g/mol. The second-order valence-corrected chi connectivity index (χ2v) is 6.00. The van der Waals surface area contributed by atoms with Gasteiger partial charge in [-0.3, -0.25) is 5.10 Å². The molecule has 7 nitrogen and oxygen atoms in total. The van der Waals surface area contributed by atoms with E-state index in [9.17, 15) is 4.39 Å². The molecule has 0 saturated heterocycles. The number of alkyl halides is 1. The van der Waals surface area contributed by atoms with Gasteiger partial charge in [-0.2, -0.15) is 10.2 Å². The van der Waals surface area contributed by atoms with Gasteiger partial charge in [0.05, 0.1) is 38.1 Å². The first kappa shape index (κ1) is 16.0. The Hall–Kier alpha value is -2.45. The molecule has 2 aromatic heterocycles. The van der Waals surface area contributed by atoms with Crippen LogP contribution < -0.4 is 4.74 Å². The molecule has 0 unspecified atom stereocenters. The van der Waals surface area contributed by atoms with Crippen molar-refractivity contribution in [2.45, 2.75) is 19.3 Å². The number of fused-ring (bicyclic) bond motifs is 4. The van der Waals surface area contributed by atoms with Gasteiger partial charge in [0.15, 0.2) is 0 Å². The number of nitrogens with zero attached hydrogens (tertiary/aromatic N) is 3. The minimum Gasteiger partial charge on any atom is -0.488 e.